The van der Waals surface area contributed by atoms with E-state index in [4.69, 9.17) is 0 Å². The van der Waals surface area contributed by atoms with E-state index in [0.29, 0.717) is 5.92 Å². The summed E-state index contributed by atoms with van der Waals surface area (Å²) in [5, 5.41) is 4.09. The van der Waals surface area contributed by atoms with E-state index >= 15 is 0 Å². The number of nitrogens with zero attached hydrogens (tertiary/aromatic N) is 4. The molecule has 2 aromatic heterocycles. The van der Waals surface area contributed by atoms with E-state index in [-0.39, 0.29) is 15.9 Å². The van der Waals surface area contributed by atoms with Gasteiger partial charge in [-0.15, -0.1) is 5.10 Å². The third-order valence-electron chi connectivity index (χ3n) is 5.60. The number of aryl methyl sites for hydroxylation is 1. The summed E-state index contributed by atoms with van der Waals surface area (Å²) in [6.07, 6.45) is 7.11. The van der Waals surface area contributed by atoms with Gasteiger partial charge in [-0.3, -0.25) is 13.9 Å². The molecule has 1 aromatic carbocycles. The lowest BCUT2D eigenvalue weighted by atomic mass is 9.84. The molecule has 9 heteroatoms. The average Bonchev–Trinajstić information content (AvgIpc) is 3.18. The van der Waals surface area contributed by atoms with E-state index in [1.165, 1.54) is 39.6 Å². The van der Waals surface area contributed by atoms with Crippen molar-refractivity contribution in [2.24, 2.45) is 14.1 Å². The highest BCUT2D eigenvalue weighted by molar-refractivity contribution is 7.89. The molecule has 0 bridgehead atoms. The van der Waals surface area contributed by atoms with Crippen LogP contribution in [0.25, 0.3) is 11.0 Å². The van der Waals surface area contributed by atoms with Crippen molar-refractivity contribution >= 4 is 21.1 Å². The van der Waals surface area contributed by atoms with Crippen molar-refractivity contribution in [1.29, 1.82) is 0 Å². The number of rotatable bonds is 3. The first-order valence-electron chi connectivity index (χ1n) is 9.31. The Balaban J connectivity index is 1.76. The quantitative estimate of drug-likeness (QED) is 0.665. The predicted molar refractivity (Wildman–Crippen MR) is 105 cm³/mol. The van der Waals surface area contributed by atoms with Crippen molar-refractivity contribution in [2.75, 3.05) is 0 Å². The summed E-state index contributed by atoms with van der Waals surface area (Å²) in [5.41, 5.74) is 0.0558. The SMILES string of the molecule is Cn1c(=O)c2cn(S(=O)(=O)c3ccc(C4CCCCC4)cc3)nc2n(C)c1=O. The summed E-state index contributed by atoms with van der Waals surface area (Å²) in [6, 6.07) is 6.90. The zero-order valence-corrected chi connectivity index (χ0v) is 16.6. The summed E-state index contributed by atoms with van der Waals surface area (Å²) < 4.78 is 28.8. The molecule has 0 N–H and O–H groups in total. The van der Waals surface area contributed by atoms with Gasteiger partial charge in [0.15, 0.2) is 5.65 Å². The standard InChI is InChI=1S/C19H22N4O4S/c1-21-17-16(18(24)22(2)19(21)25)12-23(20-17)28(26,27)15-10-8-14(9-11-15)13-6-4-3-5-7-13/h8-13H,3-7H2,1-2H3. The maximum absolute atomic E-state index is 13.0. The average molecular weight is 402 g/mol. The van der Waals surface area contributed by atoms with Crippen LogP contribution in [-0.2, 0) is 24.1 Å². The van der Waals surface area contributed by atoms with Crippen molar-refractivity contribution in [3.8, 4) is 0 Å². The molecule has 148 valence electrons. The fraction of sp³-hybridized carbons (Fsp3) is 0.421. The van der Waals surface area contributed by atoms with Gasteiger partial charge in [0.25, 0.3) is 15.6 Å². The van der Waals surface area contributed by atoms with Gasteiger partial charge >= 0.3 is 5.69 Å². The summed E-state index contributed by atoms with van der Waals surface area (Å²) in [4.78, 5) is 24.4. The van der Waals surface area contributed by atoms with Crippen molar-refractivity contribution in [2.45, 2.75) is 42.9 Å². The van der Waals surface area contributed by atoms with Gasteiger partial charge in [-0.1, -0.05) is 31.4 Å². The van der Waals surface area contributed by atoms with Gasteiger partial charge in [-0.05, 0) is 36.5 Å². The number of hydrogen-bond donors (Lipinski definition) is 0. The van der Waals surface area contributed by atoms with Gasteiger partial charge in [0.05, 0.1) is 11.1 Å². The molecule has 1 aliphatic carbocycles. The fourth-order valence-corrected chi connectivity index (χ4v) is 5.03. The first kappa shape index (κ1) is 18.7. The van der Waals surface area contributed by atoms with Crippen molar-refractivity contribution < 1.29 is 8.42 Å². The van der Waals surface area contributed by atoms with Crippen LogP contribution in [0.2, 0.25) is 0 Å². The van der Waals surface area contributed by atoms with Crippen LogP contribution in [0.1, 0.15) is 43.6 Å². The molecular weight excluding hydrogens is 380 g/mol. The van der Waals surface area contributed by atoms with Gasteiger partial charge in [-0.2, -0.15) is 12.5 Å². The first-order chi connectivity index (χ1) is 13.3. The van der Waals surface area contributed by atoms with E-state index in [9.17, 15) is 18.0 Å². The Morgan fingerprint density at radius 2 is 1.61 bits per heavy atom. The lowest BCUT2D eigenvalue weighted by Crippen LogP contribution is -2.36. The monoisotopic (exact) mass is 402 g/mol. The van der Waals surface area contributed by atoms with Crippen molar-refractivity contribution in [3.63, 3.8) is 0 Å². The normalized spacial score (nSPS) is 15.9. The van der Waals surface area contributed by atoms with Crippen molar-refractivity contribution in [1.82, 2.24) is 18.3 Å². The summed E-state index contributed by atoms with van der Waals surface area (Å²) in [6.45, 7) is 0. The van der Waals surface area contributed by atoms with Gasteiger partial charge in [0.1, 0.15) is 5.39 Å². The molecule has 0 aliphatic heterocycles. The summed E-state index contributed by atoms with van der Waals surface area (Å²) in [5.74, 6) is 0.482. The zero-order chi connectivity index (χ0) is 20.1. The molecule has 0 spiro atoms. The van der Waals surface area contributed by atoms with Gasteiger partial charge in [-0.25, -0.2) is 4.79 Å². The second-order valence-corrected chi connectivity index (χ2v) is 9.15. The molecule has 0 radical (unpaired) electrons. The Hall–Kier alpha value is -2.68. The lowest BCUT2D eigenvalue weighted by molar-refractivity contribution is 0.443. The highest BCUT2D eigenvalue weighted by Gasteiger charge is 2.23. The van der Waals surface area contributed by atoms with Crippen LogP contribution in [0.5, 0.6) is 0 Å². The molecule has 0 unspecified atom stereocenters. The molecule has 28 heavy (non-hydrogen) atoms. The maximum Gasteiger partial charge on any atom is 0.332 e. The first-order valence-corrected chi connectivity index (χ1v) is 10.8. The topological polar surface area (TPSA) is 96.0 Å². The second-order valence-electron chi connectivity index (χ2n) is 7.35. The molecular formula is C19H22N4O4S. The summed E-state index contributed by atoms with van der Waals surface area (Å²) >= 11 is 0. The Bertz CT molecular complexity index is 1260. The van der Waals surface area contributed by atoms with Crippen LogP contribution in [0.15, 0.2) is 44.9 Å². The third-order valence-corrected chi connectivity index (χ3v) is 7.15. The third kappa shape index (κ3) is 2.90. The van der Waals surface area contributed by atoms with Crippen LogP contribution in [-0.4, -0.2) is 26.7 Å². The van der Waals surface area contributed by atoms with Crippen LogP contribution in [0, 0.1) is 0 Å². The lowest BCUT2D eigenvalue weighted by Gasteiger charge is -2.22. The number of fused-ring (bicyclic) bond motifs is 1. The zero-order valence-electron chi connectivity index (χ0n) is 15.8. The van der Waals surface area contributed by atoms with Gasteiger partial charge in [0.2, 0.25) is 0 Å². The Labute approximate surface area is 162 Å². The van der Waals surface area contributed by atoms with Crippen molar-refractivity contribution in [3.05, 3.63) is 56.9 Å². The van der Waals surface area contributed by atoms with Crippen LogP contribution < -0.4 is 11.2 Å². The highest BCUT2D eigenvalue weighted by Crippen LogP contribution is 2.33. The van der Waals surface area contributed by atoms with Crippen LogP contribution in [0.4, 0.5) is 0 Å². The molecule has 1 aliphatic rings. The second kappa shape index (κ2) is 6.73. The Kier molecular flexibility index (Phi) is 4.49. The minimum atomic E-state index is -3.97. The van der Waals surface area contributed by atoms with E-state index in [1.54, 1.807) is 12.1 Å². The molecule has 0 atom stereocenters. The minimum absolute atomic E-state index is 0.0375. The molecule has 3 aromatic rings. The molecule has 0 saturated heterocycles. The molecule has 4 rings (SSSR count). The van der Waals surface area contributed by atoms with Crippen LogP contribution in [0.3, 0.4) is 0 Å². The number of hydrogen-bond acceptors (Lipinski definition) is 5. The smallest absolute Gasteiger partial charge is 0.279 e. The van der Waals surface area contributed by atoms with E-state index in [2.05, 4.69) is 5.10 Å². The maximum atomic E-state index is 13.0. The highest BCUT2D eigenvalue weighted by atomic mass is 32.2. The molecule has 1 fully saturated rings. The molecule has 8 nitrogen and oxygen atoms in total. The fourth-order valence-electron chi connectivity index (χ4n) is 3.91. The Morgan fingerprint density at radius 3 is 2.25 bits per heavy atom. The minimum Gasteiger partial charge on any atom is -0.279 e. The largest absolute Gasteiger partial charge is 0.332 e. The number of aromatic nitrogens is 4. The van der Waals surface area contributed by atoms with E-state index in [0.717, 1.165) is 31.6 Å². The predicted octanol–water partition coefficient (Wildman–Crippen LogP) is 1.72. The van der Waals surface area contributed by atoms with E-state index < -0.39 is 21.3 Å². The molecule has 1 saturated carbocycles. The summed E-state index contributed by atoms with van der Waals surface area (Å²) in [7, 11) is -1.17. The van der Waals surface area contributed by atoms with Gasteiger partial charge < -0.3 is 0 Å². The van der Waals surface area contributed by atoms with Gasteiger partial charge in [0, 0.05) is 14.1 Å². The Morgan fingerprint density at radius 1 is 0.964 bits per heavy atom. The molecule has 0 amide bonds. The number of benzene rings is 1. The van der Waals surface area contributed by atoms with E-state index in [1.807, 2.05) is 12.1 Å². The molecule has 2 heterocycles. The van der Waals surface area contributed by atoms with Crippen LogP contribution >= 0.6 is 0 Å².